The zero-order valence-electron chi connectivity index (χ0n) is 13.2. The lowest BCUT2D eigenvalue weighted by Gasteiger charge is -2.21. The van der Waals surface area contributed by atoms with E-state index < -0.39 is 0 Å². The fraction of sp³-hybridized carbons (Fsp3) is 0.190. The van der Waals surface area contributed by atoms with E-state index in [1.54, 1.807) is 16.7 Å². The van der Waals surface area contributed by atoms with Gasteiger partial charge in [-0.25, -0.2) is 4.79 Å². The predicted octanol–water partition coefficient (Wildman–Crippen LogP) is 4.71. The highest BCUT2D eigenvalue weighted by Crippen LogP contribution is 2.51. The molecule has 0 amide bonds. The number of carbonyl (C=O) groups excluding carboxylic acids is 1. The Morgan fingerprint density at radius 3 is 2.50 bits per heavy atom. The summed E-state index contributed by atoms with van der Waals surface area (Å²) in [5.41, 5.74) is 5.26. The quantitative estimate of drug-likeness (QED) is 0.651. The molecule has 0 spiro atoms. The first-order chi connectivity index (χ1) is 11.8. The Labute approximate surface area is 140 Å². The van der Waals surface area contributed by atoms with Gasteiger partial charge in [-0.3, -0.25) is 4.57 Å². The van der Waals surface area contributed by atoms with Gasteiger partial charge in [0.05, 0.1) is 0 Å². The van der Waals surface area contributed by atoms with Gasteiger partial charge in [0.15, 0.2) is 0 Å². The van der Waals surface area contributed by atoms with Crippen molar-refractivity contribution in [2.24, 2.45) is 0 Å². The fourth-order valence-electron chi connectivity index (χ4n) is 4.28. The Morgan fingerprint density at radius 2 is 1.67 bits per heavy atom. The van der Waals surface area contributed by atoms with Crippen molar-refractivity contribution in [2.45, 2.75) is 24.7 Å². The summed E-state index contributed by atoms with van der Waals surface area (Å²) in [6.07, 6.45) is 3.59. The maximum atomic E-state index is 12.6. The summed E-state index contributed by atoms with van der Waals surface area (Å²) >= 11 is 0. The first-order valence-corrected chi connectivity index (χ1v) is 8.37. The van der Waals surface area contributed by atoms with E-state index in [-0.39, 0.29) is 6.09 Å². The molecule has 0 fully saturated rings. The van der Waals surface area contributed by atoms with Crippen LogP contribution in [-0.4, -0.2) is 10.7 Å². The molecule has 0 aliphatic heterocycles. The number of hydrogen-bond acceptors (Lipinski definition) is 2. The molecule has 2 aromatic carbocycles. The van der Waals surface area contributed by atoms with E-state index in [9.17, 15) is 4.79 Å². The van der Waals surface area contributed by atoms with Gasteiger partial charge in [-0.1, -0.05) is 42.5 Å². The average molecular weight is 315 g/mol. The van der Waals surface area contributed by atoms with E-state index >= 15 is 0 Å². The van der Waals surface area contributed by atoms with E-state index in [1.807, 2.05) is 24.4 Å². The van der Waals surface area contributed by atoms with E-state index in [1.165, 1.54) is 16.7 Å². The summed E-state index contributed by atoms with van der Waals surface area (Å²) in [6.45, 7) is 0. The molecule has 3 nitrogen and oxygen atoms in total. The minimum atomic E-state index is -0.326. The van der Waals surface area contributed by atoms with Crippen molar-refractivity contribution in [1.82, 2.24) is 4.57 Å². The molecule has 2 aliphatic carbocycles. The normalized spacial score (nSPS) is 20.3. The molecule has 0 saturated carbocycles. The molecule has 0 radical (unpaired) electrons. The summed E-state index contributed by atoms with van der Waals surface area (Å²) < 4.78 is 7.20. The summed E-state index contributed by atoms with van der Waals surface area (Å²) in [5, 5.41) is 0. The van der Waals surface area contributed by atoms with Gasteiger partial charge in [0, 0.05) is 17.8 Å². The SMILES string of the molecule is O=C(Oc1ccccc1)n1ccc2c1C[C@H]1C[C@@H]2c2ccccc21. The molecule has 0 saturated heterocycles. The van der Waals surface area contributed by atoms with Crippen molar-refractivity contribution in [3.63, 3.8) is 0 Å². The van der Waals surface area contributed by atoms with Crippen LogP contribution in [0.3, 0.4) is 0 Å². The maximum Gasteiger partial charge on any atom is 0.423 e. The van der Waals surface area contributed by atoms with Gasteiger partial charge in [-0.05, 0) is 53.6 Å². The van der Waals surface area contributed by atoms with E-state index in [2.05, 4.69) is 30.3 Å². The summed E-state index contributed by atoms with van der Waals surface area (Å²) in [6, 6.07) is 20.0. The molecule has 1 aromatic heterocycles. The molecule has 118 valence electrons. The van der Waals surface area contributed by atoms with Gasteiger partial charge < -0.3 is 4.74 Å². The molecule has 2 aliphatic rings. The highest BCUT2D eigenvalue weighted by atomic mass is 16.6. The van der Waals surface area contributed by atoms with Crippen LogP contribution in [0.1, 0.15) is 40.6 Å². The third-order valence-corrected chi connectivity index (χ3v) is 5.32. The Morgan fingerprint density at radius 1 is 0.917 bits per heavy atom. The standard InChI is InChI=1S/C21H17NO2/c23-21(24-15-6-2-1-3-7-15)22-11-10-18-19-12-14(13-20(18)22)16-8-4-5-9-17(16)19/h1-11,14,19H,12-13H2/t14-,19-/m1/s1. The van der Waals surface area contributed by atoms with Crippen LogP contribution >= 0.6 is 0 Å². The number of aromatic nitrogens is 1. The number of para-hydroxylation sites is 1. The summed E-state index contributed by atoms with van der Waals surface area (Å²) in [5.74, 6) is 1.50. The van der Waals surface area contributed by atoms with Gasteiger partial charge in [0.1, 0.15) is 5.75 Å². The molecule has 0 unspecified atom stereocenters. The second kappa shape index (κ2) is 5.10. The van der Waals surface area contributed by atoms with Gasteiger partial charge in [-0.15, -0.1) is 0 Å². The van der Waals surface area contributed by atoms with Crippen molar-refractivity contribution in [1.29, 1.82) is 0 Å². The topological polar surface area (TPSA) is 31.2 Å². The number of nitrogens with zero attached hydrogens (tertiary/aromatic N) is 1. The highest BCUT2D eigenvalue weighted by molar-refractivity contribution is 5.75. The minimum Gasteiger partial charge on any atom is -0.410 e. The first kappa shape index (κ1) is 13.6. The van der Waals surface area contributed by atoms with Crippen molar-refractivity contribution in [3.05, 3.63) is 89.2 Å². The lowest BCUT2D eigenvalue weighted by Crippen LogP contribution is -2.21. The largest absolute Gasteiger partial charge is 0.423 e. The van der Waals surface area contributed by atoms with Crippen LogP contribution in [0.15, 0.2) is 66.9 Å². The molecular formula is C21H17NO2. The maximum absolute atomic E-state index is 12.6. The second-order valence-corrected chi connectivity index (χ2v) is 6.59. The number of ether oxygens (including phenoxy) is 1. The van der Waals surface area contributed by atoms with Crippen molar-refractivity contribution >= 4 is 6.09 Å². The van der Waals surface area contributed by atoms with E-state index in [0.717, 1.165) is 18.5 Å². The minimum absolute atomic E-state index is 0.326. The van der Waals surface area contributed by atoms with Gasteiger partial charge in [-0.2, -0.15) is 0 Å². The van der Waals surface area contributed by atoms with Crippen LogP contribution in [0, 0.1) is 0 Å². The van der Waals surface area contributed by atoms with Crippen LogP contribution in [0.25, 0.3) is 0 Å². The summed E-state index contributed by atoms with van der Waals surface area (Å²) in [7, 11) is 0. The number of hydrogen-bond donors (Lipinski definition) is 0. The second-order valence-electron chi connectivity index (χ2n) is 6.59. The third kappa shape index (κ3) is 1.94. The van der Waals surface area contributed by atoms with Crippen molar-refractivity contribution in [3.8, 4) is 5.75 Å². The van der Waals surface area contributed by atoms with Crippen LogP contribution in [0.5, 0.6) is 5.75 Å². The number of fused-ring (bicyclic) bond motifs is 7. The predicted molar refractivity (Wildman–Crippen MR) is 91.6 cm³/mol. The van der Waals surface area contributed by atoms with Crippen molar-refractivity contribution < 1.29 is 9.53 Å². The molecule has 3 aromatic rings. The molecule has 24 heavy (non-hydrogen) atoms. The molecule has 0 N–H and O–H groups in total. The van der Waals surface area contributed by atoms with Crippen LogP contribution in [0.4, 0.5) is 4.79 Å². The molecule has 1 heterocycles. The van der Waals surface area contributed by atoms with Gasteiger partial charge >= 0.3 is 6.09 Å². The smallest absolute Gasteiger partial charge is 0.410 e. The summed E-state index contributed by atoms with van der Waals surface area (Å²) in [4.78, 5) is 12.6. The molecule has 2 bridgehead atoms. The van der Waals surface area contributed by atoms with Crippen LogP contribution in [0.2, 0.25) is 0 Å². The third-order valence-electron chi connectivity index (χ3n) is 5.32. The first-order valence-electron chi connectivity index (χ1n) is 8.37. The lowest BCUT2D eigenvalue weighted by molar-refractivity contribution is 0.201. The van der Waals surface area contributed by atoms with Gasteiger partial charge in [0.25, 0.3) is 0 Å². The number of benzene rings is 2. The molecule has 3 heteroatoms. The van der Waals surface area contributed by atoms with Crippen LogP contribution in [-0.2, 0) is 6.42 Å². The fourth-order valence-corrected chi connectivity index (χ4v) is 4.28. The Hall–Kier alpha value is -2.81. The average Bonchev–Trinajstić information content (AvgIpc) is 3.18. The Kier molecular flexibility index (Phi) is 2.89. The number of carbonyl (C=O) groups is 1. The van der Waals surface area contributed by atoms with E-state index in [4.69, 9.17) is 4.74 Å². The zero-order chi connectivity index (χ0) is 16.1. The Balaban J connectivity index is 1.50. The molecule has 5 rings (SSSR count). The monoisotopic (exact) mass is 315 g/mol. The molecular weight excluding hydrogens is 298 g/mol. The zero-order valence-corrected chi connectivity index (χ0v) is 13.2. The Bertz CT molecular complexity index is 926. The molecule has 2 atom stereocenters. The van der Waals surface area contributed by atoms with Crippen molar-refractivity contribution in [2.75, 3.05) is 0 Å². The van der Waals surface area contributed by atoms with Crippen LogP contribution < -0.4 is 4.74 Å². The highest BCUT2D eigenvalue weighted by Gasteiger charge is 2.39. The lowest BCUT2D eigenvalue weighted by atomic mass is 9.85. The number of rotatable bonds is 1. The van der Waals surface area contributed by atoms with E-state index in [0.29, 0.717) is 17.6 Å². The van der Waals surface area contributed by atoms with Gasteiger partial charge in [0.2, 0.25) is 0 Å².